The Kier molecular flexibility index (Phi) is 3.75. The summed E-state index contributed by atoms with van der Waals surface area (Å²) in [6.07, 6.45) is 3.84. The van der Waals surface area contributed by atoms with Crippen molar-refractivity contribution in [3.8, 4) is 0 Å². The van der Waals surface area contributed by atoms with Crippen molar-refractivity contribution in [3.63, 3.8) is 0 Å². The maximum absolute atomic E-state index is 11.7. The minimum atomic E-state index is -0.689. The first-order valence-corrected chi connectivity index (χ1v) is 6.99. The largest absolute Gasteiger partial charge is 0.445 e. The van der Waals surface area contributed by atoms with E-state index in [1.165, 1.54) is 0 Å². The van der Waals surface area contributed by atoms with Gasteiger partial charge < -0.3 is 14.8 Å². The molecule has 3 rings (SSSR count). The molecule has 1 N–H and O–H groups in total. The third kappa shape index (κ3) is 3.31. The number of fused-ring (bicyclic) bond motifs is 2. The van der Waals surface area contributed by atoms with Crippen LogP contribution in [0.25, 0.3) is 0 Å². The van der Waals surface area contributed by atoms with Gasteiger partial charge in [0.25, 0.3) is 0 Å². The van der Waals surface area contributed by atoms with Gasteiger partial charge >= 0.3 is 6.09 Å². The van der Waals surface area contributed by atoms with E-state index in [0.717, 1.165) is 5.56 Å². The molecule has 110 valence electrons. The van der Waals surface area contributed by atoms with Crippen molar-refractivity contribution < 1.29 is 19.1 Å². The molecule has 2 heterocycles. The minimum absolute atomic E-state index is 0.145. The van der Waals surface area contributed by atoms with Crippen molar-refractivity contribution in [2.45, 2.75) is 31.2 Å². The van der Waals surface area contributed by atoms with E-state index in [4.69, 9.17) is 9.47 Å². The Bertz CT molecular complexity index is 569. The molecule has 2 atom stereocenters. The summed E-state index contributed by atoms with van der Waals surface area (Å²) in [6, 6.07) is 9.46. The fourth-order valence-electron chi connectivity index (χ4n) is 2.66. The van der Waals surface area contributed by atoms with Gasteiger partial charge in [-0.25, -0.2) is 4.79 Å². The van der Waals surface area contributed by atoms with E-state index in [0.29, 0.717) is 12.8 Å². The van der Waals surface area contributed by atoms with E-state index in [1.807, 2.05) is 42.5 Å². The lowest BCUT2D eigenvalue weighted by Crippen LogP contribution is -2.47. The lowest BCUT2D eigenvalue weighted by atomic mass is 9.95. The summed E-state index contributed by atoms with van der Waals surface area (Å²) in [4.78, 5) is 23.3. The van der Waals surface area contributed by atoms with Gasteiger partial charge in [-0.3, -0.25) is 4.79 Å². The third-order valence-corrected chi connectivity index (χ3v) is 3.67. The Hall–Kier alpha value is -2.14. The van der Waals surface area contributed by atoms with Crippen LogP contribution in [-0.4, -0.2) is 30.1 Å². The van der Waals surface area contributed by atoms with Crippen molar-refractivity contribution in [1.29, 1.82) is 0 Å². The third-order valence-electron chi connectivity index (χ3n) is 3.67. The number of hydrogen-bond acceptors (Lipinski definition) is 4. The van der Waals surface area contributed by atoms with Gasteiger partial charge in [0, 0.05) is 12.8 Å². The lowest BCUT2D eigenvalue weighted by Gasteiger charge is -2.32. The van der Waals surface area contributed by atoms with Gasteiger partial charge in [0.15, 0.2) is 0 Å². The highest BCUT2D eigenvalue weighted by atomic mass is 16.6. The fourth-order valence-corrected chi connectivity index (χ4v) is 2.66. The Morgan fingerprint density at radius 2 is 2.19 bits per heavy atom. The van der Waals surface area contributed by atoms with E-state index >= 15 is 0 Å². The van der Waals surface area contributed by atoms with E-state index in [2.05, 4.69) is 5.32 Å². The van der Waals surface area contributed by atoms with Crippen LogP contribution in [0.1, 0.15) is 18.4 Å². The van der Waals surface area contributed by atoms with Crippen LogP contribution in [0.15, 0.2) is 42.5 Å². The standard InChI is InChI=1S/C16H17NO4/c18-13-8-14-6-7-16(9-13,21-14)11-17-15(19)20-10-12-4-2-1-3-5-12/h1-7,14H,8-11H2,(H,17,19)/t14-,16+/m1/s1. The lowest BCUT2D eigenvalue weighted by molar-refractivity contribution is -0.136. The molecule has 0 unspecified atom stereocenters. The van der Waals surface area contributed by atoms with Crippen molar-refractivity contribution in [2.24, 2.45) is 0 Å². The number of nitrogens with one attached hydrogen (secondary N) is 1. The van der Waals surface area contributed by atoms with Crippen LogP contribution < -0.4 is 5.32 Å². The molecular formula is C16H17NO4. The summed E-state index contributed by atoms with van der Waals surface area (Å²) in [6.45, 7) is 0.470. The van der Waals surface area contributed by atoms with Gasteiger partial charge in [-0.2, -0.15) is 0 Å². The molecule has 0 spiro atoms. The van der Waals surface area contributed by atoms with Crippen LogP contribution in [0.5, 0.6) is 0 Å². The van der Waals surface area contributed by atoms with Crippen LogP contribution in [0.2, 0.25) is 0 Å². The molecule has 5 nitrogen and oxygen atoms in total. The molecular weight excluding hydrogens is 270 g/mol. The normalized spacial score (nSPS) is 26.7. The molecule has 1 saturated heterocycles. The molecule has 2 aliphatic heterocycles. The van der Waals surface area contributed by atoms with E-state index in [1.54, 1.807) is 0 Å². The quantitative estimate of drug-likeness (QED) is 0.860. The number of hydrogen-bond donors (Lipinski definition) is 1. The molecule has 0 aromatic heterocycles. The van der Waals surface area contributed by atoms with Gasteiger partial charge in [-0.05, 0) is 5.56 Å². The molecule has 1 amide bonds. The molecule has 2 bridgehead atoms. The number of alkyl carbamates (subject to hydrolysis) is 1. The average molecular weight is 287 g/mol. The number of Topliss-reactive ketones (excluding diaryl/α,β-unsaturated/α-hetero) is 1. The van der Waals surface area contributed by atoms with Gasteiger partial charge in [0.1, 0.15) is 18.0 Å². The smallest absolute Gasteiger partial charge is 0.407 e. The molecule has 2 aliphatic rings. The van der Waals surface area contributed by atoms with Gasteiger partial charge in [0.05, 0.1) is 12.6 Å². The van der Waals surface area contributed by atoms with Crippen molar-refractivity contribution in [2.75, 3.05) is 6.54 Å². The zero-order chi connectivity index (χ0) is 14.7. The summed E-state index contributed by atoms with van der Waals surface area (Å²) in [5.41, 5.74) is 0.238. The predicted molar refractivity (Wildman–Crippen MR) is 75.6 cm³/mol. The maximum atomic E-state index is 11.7. The van der Waals surface area contributed by atoms with Crippen LogP contribution >= 0.6 is 0 Å². The number of carbonyl (C=O) groups is 2. The van der Waals surface area contributed by atoms with E-state index in [9.17, 15) is 9.59 Å². The van der Waals surface area contributed by atoms with Gasteiger partial charge in [0.2, 0.25) is 0 Å². The summed E-state index contributed by atoms with van der Waals surface area (Å²) in [7, 11) is 0. The SMILES string of the molecule is O=C1C[C@H]2C=C[C@@](CNC(=O)OCc3ccccc3)(C1)O2. The number of amides is 1. The number of benzene rings is 1. The zero-order valence-corrected chi connectivity index (χ0v) is 11.6. The minimum Gasteiger partial charge on any atom is -0.445 e. The number of rotatable bonds is 4. The monoisotopic (exact) mass is 287 g/mol. The Morgan fingerprint density at radius 1 is 1.38 bits per heavy atom. The molecule has 0 saturated carbocycles. The van der Waals surface area contributed by atoms with Gasteiger partial charge in [-0.15, -0.1) is 0 Å². The van der Waals surface area contributed by atoms with E-state index < -0.39 is 11.7 Å². The molecule has 1 aromatic rings. The van der Waals surface area contributed by atoms with E-state index in [-0.39, 0.29) is 25.0 Å². The number of ketones is 1. The second kappa shape index (κ2) is 5.69. The summed E-state index contributed by atoms with van der Waals surface area (Å²) in [5, 5.41) is 2.67. The maximum Gasteiger partial charge on any atom is 0.407 e. The van der Waals surface area contributed by atoms with Crippen LogP contribution in [0, 0.1) is 0 Å². The predicted octanol–water partition coefficient (Wildman–Crippen LogP) is 1.97. The molecule has 5 heteroatoms. The Balaban J connectivity index is 1.48. The second-order valence-electron chi connectivity index (χ2n) is 5.42. The summed E-state index contributed by atoms with van der Waals surface area (Å²) in [5.74, 6) is 0.163. The number of carbonyl (C=O) groups excluding carboxylic acids is 2. The Labute approximate surface area is 122 Å². The fraction of sp³-hybridized carbons (Fsp3) is 0.375. The first-order chi connectivity index (χ1) is 10.2. The second-order valence-corrected chi connectivity index (χ2v) is 5.42. The molecule has 21 heavy (non-hydrogen) atoms. The molecule has 0 aliphatic carbocycles. The van der Waals surface area contributed by atoms with Crippen LogP contribution in [0.4, 0.5) is 4.79 Å². The highest BCUT2D eigenvalue weighted by Crippen LogP contribution is 2.33. The molecule has 0 radical (unpaired) electrons. The highest BCUT2D eigenvalue weighted by Gasteiger charge is 2.42. The van der Waals surface area contributed by atoms with Gasteiger partial charge in [-0.1, -0.05) is 42.5 Å². The topological polar surface area (TPSA) is 64.6 Å². The van der Waals surface area contributed by atoms with Crippen molar-refractivity contribution >= 4 is 11.9 Å². The molecule has 1 aromatic carbocycles. The highest BCUT2D eigenvalue weighted by molar-refractivity contribution is 5.82. The van der Waals surface area contributed by atoms with Crippen LogP contribution in [0.3, 0.4) is 0 Å². The first-order valence-electron chi connectivity index (χ1n) is 6.99. The molecule has 1 fully saturated rings. The summed E-state index contributed by atoms with van der Waals surface area (Å²) < 4.78 is 10.9. The van der Waals surface area contributed by atoms with Crippen LogP contribution in [-0.2, 0) is 20.9 Å². The first kappa shape index (κ1) is 13.8. The Morgan fingerprint density at radius 3 is 3.00 bits per heavy atom. The average Bonchev–Trinajstić information content (AvgIpc) is 2.80. The van der Waals surface area contributed by atoms with Crippen molar-refractivity contribution in [1.82, 2.24) is 5.32 Å². The number of ether oxygens (including phenoxy) is 2. The summed E-state index contributed by atoms with van der Waals surface area (Å²) >= 11 is 0. The zero-order valence-electron chi connectivity index (χ0n) is 11.6. The van der Waals surface area contributed by atoms with Crippen molar-refractivity contribution in [3.05, 3.63) is 48.0 Å².